The van der Waals surface area contributed by atoms with Crippen molar-refractivity contribution in [1.82, 2.24) is 14.5 Å². The zero-order valence-electron chi connectivity index (χ0n) is 20.8. The van der Waals surface area contributed by atoms with Gasteiger partial charge in [0, 0.05) is 38.7 Å². The van der Waals surface area contributed by atoms with E-state index in [1.165, 1.54) is 15.6 Å². The van der Waals surface area contributed by atoms with Gasteiger partial charge in [-0.15, -0.1) is 11.3 Å². The molecule has 4 heterocycles. The van der Waals surface area contributed by atoms with Gasteiger partial charge in [0.05, 0.1) is 16.7 Å². The minimum absolute atomic E-state index is 0.620. The standard InChI is InChI=1S/C34H21N3OS/c1-2-11-30-26(9-1)27-15-13-24(34-36-29-20-23(14-16-32(29)38-34)33-12-6-18-39-33)21-31(27)37(30)25-8-5-7-22(19-25)28-10-3-4-17-35-28/h1-21H. The Kier molecular flexibility index (Phi) is 4.96. The average Bonchev–Trinajstić information content (AvgIpc) is 3.75. The lowest BCUT2D eigenvalue weighted by atomic mass is 10.1. The molecule has 0 N–H and O–H groups in total. The van der Waals surface area contributed by atoms with E-state index in [0.29, 0.717) is 5.89 Å². The summed E-state index contributed by atoms with van der Waals surface area (Å²) in [7, 11) is 0. The second kappa shape index (κ2) is 8.79. The molecule has 0 fully saturated rings. The molecule has 5 heteroatoms. The van der Waals surface area contributed by atoms with Gasteiger partial charge < -0.3 is 8.98 Å². The Labute approximate surface area is 228 Å². The Morgan fingerprint density at radius 3 is 2.44 bits per heavy atom. The first-order valence-corrected chi connectivity index (χ1v) is 13.7. The van der Waals surface area contributed by atoms with E-state index in [2.05, 4.69) is 106 Å². The van der Waals surface area contributed by atoms with Gasteiger partial charge in [-0.3, -0.25) is 4.98 Å². The molecule has 0 unspecified atom stereocenters. The Hall–Kier alpha value is -5.00. The molecule has 0 amide bonds. The quantitative estimate of drug-likeness (QED) is 0.233. The number of pyridine rings is 1. The summed E-state index contributed by atoms with van der Waals surface area (Å²) in [5, 5.41) is 4.49. The van der Waals surface area contributed by atoms with E-state index in [0.717, 1.165) is 50.2 Å². The summed E-state index contributed by atoms with van der Waals surface area (Å²) in [6.45, 7) is 0. The monoisotopic (exact) mass is 519 g/mol. The number of para-hydroxylation sites is 1. The van der Waals surface area contributed by atoms with Crippen molar-refractivity contribution < 1.29 is 4.42 Å². The number of fused-ring (bicyclic) bond motifs is 4. The van der Waals surface area contributed by atoms with Gasteiger partial charge in [-0.25, -0.2) is 4.98 Å². The summed E-state index contributed by atoms with van der Waals surface area (Å²) in [6.07, 6.45) is 1.83. The maximum atomic E-state index is 6.25. The summed E-state index contributed by atoms with van der Waals surface area (Å²) in [5.41, 5.74) is 9.12. The van der Waals surface area contributed by atoms with Crippen LogP contribution >= 0.6 is 11.3 Å². The van der Waals surface area contributed by atoms with Crippen molar-refractivity contribution in [2.24, 2.45) is 0 Å². The van der Waals surface area contributed by atoms with E-state index < -0.39 is 0 Å². The molecule has 4 aromatic carbocycles. The normalized spacial score (nSPS) is 11.6. The van der Waals surface area contributed by atoms with E-state index in [-0.39, 0.29) is 0 Å². The fraction of sp³-hybridized carbons (Fsp3) is 0. The molecule has 39 heavy (non-hydrogen) atoms. The van der Waals surface area contributed by atoms with Crippen molar-refractivity contribution in [2.45, 2.75) is 0 Å². The molecule has 0 radical (unpaired) electrons. The number of thiophene rings is 1. The number of oxazole rings is 1. The van der Waals surface area contributed by atoms with E-state index in [4.69, 9.17) is 9.40 Å². The Bertz CT molecular complexity index is 2120. The topological polar surface area (TPSA) is 43.9 Å². The average molecular weight is 520 g/mol. The first-order valence-electron chi connectivity index (χ1n) is 12.8. The molecule has 0 spiro atoms. The van der Waals surface area contributed by atoms with Crippen LogP contribution in [0.15, 0.2) is 131 Å². The zero-order valence-corrected chi connectivity index (χ0v) is 21.6. The Balaban J connectivity index is 1.31. The van der Waals surface area contributed by atoms with Crippen LogP contribution in [-0.4, -0.2) is 14.5 Å². The van der Waals surface area contributed by atoms with E-state index in [1.54, 1.807) is 11.3 Å². The number of hydrogen-bond donors (Lipinski definition) is 0. The molecule has 8 rings (SSSR count). The fourth-order valence-corrected chi connectivity index (χ4v) is 6.09. The third kappa shape index (κ3) is 3.67. The number of nitrogens with zero attached hydrogens (tertiary/aromatic N) is 3. The van der Waals surface area contributed by atoms with E-state index in [9.17, 15) is 0 Å². The molecule has 0 atom stereocenters. The van der Waals surface area contributed by atoms with Gasteiger partial charge in [0.2, 0.25) is 5.89 Å². The SMILES string of the molecule is c1ccc(-c2cccc(-n3c4ccccc4c4ccc(-c5nc6cc(-c7cccs7)ccc6o5)cc43)c2)nc1. The van der Waals surface area contributed by atoms with Crippen LogP contribution in [-0.2, 0) is 0 Å². The molecule has 8 aromatic rings. The van der Waals surface area contributed by atoms with Crippen LogP contribution in [0.4, 0.5) is 0 Å². The van der Waals surface area contributed by atoms with Crippen LogP contribution in [0.2, 0.25) is 0 Å². The lowest BCUT2D eigenvalue weighted by Gasteiger charge is -2.10. The highest BCUT2D eigenvalue weighted by Crippen LogP contribution is 2.36. The van der Waals surface area contributed by atoms with Gasteiger partial charge >= 0.3 is 0 Å². The van der Waals surface area contributed by atoms with Gasteiger partial charge in [-0.05, 0) is 77.7 Å². The lowest BCUT2D eigenvalue weighted by Crippen LogP contribution is -1.95. The number of rotatable bonds is 4. The van der Waals surface area contributed by atoms with Crippen LogP contribution in [0.1, 0.15) is 0 Å². The molecule has 0 aliphatic rings. The lowest BCUT2D eigenvalue weighted by molar-refractivity contribution is 0.620. The predicted octanol–water partition coefficient (Wildman–Crippen LogP) is 9.38. The highest BCUT2D eigenvalue weighted by Gasteiger charge is 2.16. The van der Waals surface area contributed by atoms with Gasteiger partial charge in [-0.2, -0.15) is 0 Å². The summed E-state index contributed by atoms with van der Waals surface area (Å²) >= 11 is 1.73. The smallest absolute Gasteiger partial charge is 0.227 e. The molecule has 0 saturated heterocycles. The second-order valence-corrected chi connectivity index (χ2v) is 10.5. The molecule has 0 bridgehead atoms. The molecular weight excluding hydrogens is 498 g/mol. The van der Waals surface area contributed by atoms with Gasteiger partial charge in [0.25, 0.3) is 0 Å². The highest BCUT2D eigenvalue weighted by atomic mass is 32.1. The molecule has 0 aliphatic carbocycles. The highest BCUT2D eigenvalue weighted by molar-refractivity contribution is 7.13. The number of aromatic nitrogens is 3. The van der Waals surface area contributed by atoms with Crippen LogP contribution < -0.4 is 0 Å². The van der Waals surface area contributed by atoms with Crippen molar-refractivity contribution in [1.29, 1.82) is 0 Å². The summed E-state index contributed by atoms with van der Waals surface area (Å²) in [4.78, 5) is 10.7. The molecule has 184 valence electrons. The van der Waals surface area contributed by atoms with Crippen LogP contribution in [0, 0.1) is 0 Å². The summed E-state index contributed by atoms with van der Waals surface area (Å²) in [5.74, 6) is 0.620. The van der Waals surface area contributed by atoms with Crippen LogP contribution in [0.5, 0.6) is 0 Å². The van der Waals surface area contributed by atoms with Gasteiger partial charge in [0.15, 0.2) is 5.58 Å². The maximum absolute atomic E-state index is 6.25. The summed E-state index contributed by atoms with van der Waals surface area (Å²) in [6, 6.07) is 40.0. The van der Waals surface area contributed by atoms with Crippen LogP contribution in [0.25, 0.3) is 71.7 Å². The van der Waals surface area contributed by atoms with Gasteiger partial charge in [0.1, 0.15) is 5.52 Å². The summed E-state index contributed by atoms with van der Waals surface area (Å²) < 4.78 is 8.56. The third-order valence-corrected chi connectivity index (χ3v) is 8.10. The number of hydrogen-bond acceptors (Lipinski definition) is 4. The van der Waals surface area contributed by atoms with Crippen LogP contribution in [0.3, 0.4) is 0 Å². The van der Waals surface area contributed by atoms with Crippen molar-refractivity contribution in [3.05, 3.63) is 127 Å². The van der Waals surface area contributed by atoms with Crippen molar-refractivity contribution in [3.8, 4) is 38.8 Å². The second-order valence-electron chi connectivity index (χ2n) is 9.53. The van der Waals surface area contributed by atoms with Crippen molar-refractivity contribution >= 4 is 44.2 Å². The minimum atomic E-state index is 0.620. The predicted molar refractivity (Wildman–Crippen MR) is 160 cm³/mol. The molecule has 0 saturated carbocycles. The van der Waals surface area contributed by atoms with Gasteiger partial charge in [-0.1, -0.05) is 48.5 Å². The van der Waals surface area contributed by atoms with E-state index >= 15 is 0 Å². The zero-order chi connectivity index (χ0) is 25.8. The maximum Gasteiger partial charge on any atom is 0.227 e. The van der Waals surface area contributed by atoms with Crippen molar-refractivity contribution in [3.63, 3.8) is 0 Å². The number of benzene rings is 4. The molecule has 4 nitrogen and oxygen atoms in total. The first kappa shape index (κ1) is 22.0. The molecular formula is C34H21N3OS. The van der Waals surface area contributed by atoms with E-state index in [1.807, 2.05) is 30.5 Å². The largest absolute Gasteiger partial charge is 0.436 e. The first-order chi connectivity index (χ1) is 19.3. The fourth-order valence-electron chi connectivity index (χ4n) is 5.37. The Morgan fingerprint density at radius 2 is 1.54 bits per heavy atom. The minimum Gasteiger partial charge on any atom is -0.436 e. The molecule has 4 aromatic heterocycles. The Morgan fingerprint density at radius 1 is 0.641 bits per heavy atom. The molecule has 0 aliphatic heterocycles. The van der Waals surface area contributed by atoms with Crippen molar-refractivity contribution in [2.75, 3.05) is 0 Å². The third-order valence-electron chi connectivity index (χ3n) is 7.18.